The SMILES string of the molecule is O=C(NCCn1c(=O)c(=O)[nH]c2ccccc21)[C@@H]1CC(=O)N(c2n[nH]c3ccccc23)C1. The van der Waals surface area contributed by atoms with Crippen LogP contribution >= 0.6 is 0 Å². The van der Waals surface area contributed by atoms with Crippen LogP contribution in [0.1, 0.15) is 6.42 Å². The number of aromatic amines is 2. The summed E-state index contributed by atoms with van der Waals surface area (Å²) in [6.07, 6.45) is 0.0842. The number of H-pyrrole nitrogens is 2. The van der Waals surface area contributed by atoms with Crippen LogP contribution in [0.3, 0.4) is 0 Å². The van der Waals surface area contributed by atoms with Crippen LogP contribution in [0.2, 0.25) is 0 Å². The molecule has 0 radical (unpaired) electrons. The minimum absolute atomic E-state index is 0.0842. The van der Waals surface area contributed by atoms with Gasteiger partial charge in [0.05, 0.1) is 22.5 Å². The van der Waals surface area contributed by atoms with E-state index in [-0.39, 0.29) is 37.9 Å². The molecule has 10 heteroatoms. The molecule has 0 bridgehead atoms. The molecular formula is C22H20N6O4. The van der Waals surface area contributed by atoms with E-state index in [1.807, 2.05) is 24.3 Å². The Morgan fingerprint density at radius 3 is 2.66 bits per heavy atom. The van der Waals surface area contributed by atoms with Crippen LogP contribution in [0.25, 0.3) is 21.9 Å². The third kappa shape index (κ3) is 3.35. The molecule has 2 aromatic carbocycles. The summed E-state index contributed by atoms with van der Waals surface area (Å²) >= 11 is 0. The van der Waals surface area contributed by atoms with E-state index in [0.717, 1.165) is 10.9 Å². The maximum atomic E-state index is 12.7. The summed E-state index contributed by atoms with van der Waals surface area (Å²) in [6, 6.07) is 14.5. The number of carbonyl (C=O) groups is 2. The molecule has 2 aromatic heterocycles. The van der Waals surface area contributed by atoms with Gasteiger partial charge in [0.15, 0.2) is 5.82 Å². The monoisotopic (exact) mass is 432 g/mol. The summed E-state index contributed by atoms with van der Waals surface area (Å²) in [6.45, 7) is 0.527. The smallest absolute Gasteiger partial charge is 0.316 e. The van der Waals surface area contributed by atoms with E-state index < -0.39 is 17.0 Å². The van der Waals surface area contributed by atoms with E-state index in [9.17, 15) is 19.2 Å². The van der Waals surface area contributed by atoms with E-state index in [0.29, 0.717) is 16.9 Å². The van der Waals surface area contributed by atoms with Crippen molar-refractivity contribution >= 4 is 39.6 Å². The van der Waals surface area contributed by atoms with Crippen molar-refractivity contribution in [2.45, 2.75) is 13.0 Å². The van der Waals surface area contributed by atoms with Gasteiger partial charge in [-0.2, -0.15) is 5.10 Å². The number of nitrogens with one attached hydrogen (secondary N) is 3. The molecule has 1 aliphatic heterocycles. The molecule has 0 spiro atoms. The average molecular weight is 432 g/mol. The number of carbonyl (C=O) groups excluding carboxylic acids is 2. The Kier molecular flexibility index (Phi) is 4.81. The van der Waals surface area contributed by atoms with Gasteiger partial charge in [0.25, 0.3) is 0 Å². The molecule has 3 heterocycles. The largest absolute Gasteiger partial charge is 0.354 e. The highest BCUT2D eigenvalue weighted by Gasteiger charge is 2.36. The summed E-state index contributed by atoms with van der Waals surface area (Å²) < 4.78 is 1.34. The minimum atomic E-state index is -0.710. The lowest BCUT2D eigenvalue weighted by Crippen LogP contribution is -2.40. The number of hydrogen-bond acceptors (Lipinski definition) is 5. The molecule has 5 rings (SSSR count). The number of rotatable bonds is 5. The molecule has 1 aliphatic rings. The first-order chi connectivity index (χ1) is 15.5. The number of fused-ring (bicyclic) bond motifs is 2. The molecule has 2 amide bonds. The van der Waals surface area contributed by atoms with Gasteiger partial charge in [-0.15, -0.1) is 0 Å². The summed E-state index contributed by atoms with van der Waals surface area (Å²) in [5, 5.41) is 10.8. The Morgan fingerprint density at radius 1 is 1.06 bits per heavy atom. The van der Waals surface area contributed by atoms with Crippen LogP contribution in [0, 0.1) is 5.92 Å². The summed E-state index contributed by atoms with van der Waals surface area (Å²) in [7, 11) is 0. The zero-order valence-corrected chi connectivity index (χ0v) is 17.0. The van der Waals surface area contributed by atoms with Gasteiger partial charge in [-0.1, -0.05) is 24.3 Å². The lowest BCUT2D eigenvalue weighted by Gasteiger charge is -2.15. The second kappa shape index (κ2) is 7.80. The van der Waals surface area contributed by atoms with Crippen molar-refractivity contribution in [3.05, 3.63) is 69.2 Å². The van der Waals surface area contributed by atoms with Crippen molar-refractivity contribution < 1.29 is 9.59 Å². The van der Waals surface area contributed by atoms with Gasteiger partial charge in [-0.25, -0.2) is 0 Å². The predicted octanol–water partition coefficient (Wildman–Crippen LogP) is 0.735. The van der Waals surface area contributed by atoms with Crippen molar-refractivity contribution in [3.8, 4) is 0 Å². The highest BCUT2D eigenvalue weighted by molar-refractivity contribution is 6.05. The molecule has 10 nitrogen and oxygen atoms in total. The average Bonchev–Trinajstić information content (AvgIpc) is 3.39. The number of nitrogens with zero attached hydrogens (tertiary/aromatic N) is 3. The molecule has 0 saturated carbocycles. The Balaban J connectivity index is 1.27. The Bertz CT molecular complexity index is 1470. The van der Waals surface area contributed by atoms with Crippen LogP contribution in [-0.2, 0) is 16.1 Å². The quantitative estimate of drug-likeness (QED) is 0.400. The molecule has 162 valence electrons. The minimum Gasteiger partial charge on any atom is -0.354 e. The van der Waals surface area contributed by atoms with Gasteiger partial charge >= 0.3 is 11.1 Å². The highest BCUT2D eigenvalue weighted by atomic mass is 16.2. The summed E-state index contributed by atoms with van der Waals surface area (Å²) in [5.74, 6) is -0.449. The summed E-state index contributed by atoms with van der Waals surface area (Å²) in [4.78, 5) is 53.5. The lowest BCUT2D eigenvalue weighted by molar-refractivity contribution is -0.126. The van der Waals surface area contributed by atoms with Crippen LogP contribution in [0.4, 0.5) is 5.82 Å². The molecule has 3 N–H and O–H groups in total. The second-order valence-electron chi connectivity index (χ2n) is 7.72. The first kappa shape index (κ1) is 19.7. The van der Waals surface area contributed by atoms with E-state index >= 15 is 0 Å². The van der Waals surface area contributed by atoms with Crippen LogP contribution < -0.4 is 21.3 Å². The number of para-hydroxylation sites is 3. The number of amides is 2. The zero-order chi connectivity index (χ0) is 22.2. The van der Waals surface area contributed by atoms with Gasteiger partial charge in [-0.05, 0) is 24.3 Å². The predicted molar refractivity (Wildman–Crippen MR) is 118 cm³/mol. The highest BCUT2D eigenvalue weighted by Crippen LogP contribution is 2.29. The molecule has 1 atom stereocenters. The second-order valence-corrected chi connectivity index (χ2v) is 7.72. The van der Waals surface area contributed by atoms with E-state index in [4.69, 9.17) is 0 Å². The summed E-state index contributed by atoms with van der Waals surface area (Å²) in [5.41, 5.74) is 0.563. The van der Waals surface area contributed by atoms with Crippen molar-refractivity contribution in [2.75, 3.05) is 18.0 Å². The van der Waals surface area contributed by atoms with Gasteiger partial charge < -0.3 is 14.9 Å². The normalized spacial score (nSPS) is 16.2. The molecule has 32 heavy (non-hydrogen) atoms. The lowest BCUT2D eigenvalue weighted by atomic mass is 10.1. The Hall–Kier alpha value is -4.21. The van der Waals surface area contributed by atoms with Crippen LogP contribution in [0.5, 0.6) is 0 Å². The van der Waals surface area contributed by atoms with E-state index in [1.54, 1.807) is 24.3 Å². The number of aromatic nitrogens is 4. The third-order valence-electron chi connectivity index (χ3n) is 5.72. The fourth-order valence-electron chi connectivity index (χ4n) is 4.12. The molecule has 1 fully saturated rings. The van der Waals surface area contributed by atoms with Gasteiger partial charge in [-0.3, -0.25) is 29.2 Å². The third-order valence-corrected chi connectivity index (χ3v) is 5.72. The van der Waals surface area contributed by atoms with Gasteiger partial charge in [0.1, 0.15) is 0 Å². The molecule has 1 saturated heterocycles. The Morgan fingerprint density at radius 2 is 1.81 bits per heavy atom. The van der Waals surface area contributed by atoms with E-state index in [1.165, 1.54) is 9.47 Å². The first-order valence-electron chi connectivity index (χ1n) is 10.3. The Labute approximate surface area is 180 Å². The van der Waals surface area contributed by atoms with Crippen molar-refractivity contribution in [2.24, 2.45) is 5.92 Å². The standard InChI is InChI=1S/C22H20N6O4/c29-18-11-13(12-28(18)19-14-5-1-2-6-15(14)25-26-19)20(30)23-9-10-27-17-8-4-3-7-16(17)24-21(31)22(27)32/h1-8,13H,9-12H2,(H,23,30)(H,24,31)(H,25,26)/t13-/m1/s1. The van der Waals surface area contributed by atoms with Gasteiger partial charge in [0.2, 0.25) is 11.8 Å². The van der Waals surface area contributed by atoms with Gasteiger partial charge in [0, 0.05) is 31.4 Å². The maximum Gasteiger partial charge on any atom is 0.316 e. The zero-order valence-electron chi connectivity index (χ0n) is 17.0. The number of hydrogen-bond donors (Lipinski definition) is 3. The van der Waals surface area contributed by atoms with Crippen molar-refractivity contribution in [1.29, 1.82) is 0 Å². The molecule has 0 aliphatic carbocycles. The maximum absolute atomic E-state index is 12.7. The van der Waals surface area contributed by atoms with Crippen molar-refractivity contribution in [1.82, 2.24) is 25.1 Å². The fourth-order valence-corrected chi connectivity index (χ4v) is 4.12. The van der Waals surface area contributed by atoms with Crippen LogP contribution in [0.15, 0.2) is 58.1 Å². The van der Waals surface area contributed by atoms with Crippen molar-refractivity contribution in [3.63, 3.8) is 0 Å². The van der Waals surface area contributed by atoms with E-state index in [2.05, 4.69) is 20.5 Å². The number of benzene rings is 2. The molecule has 0 unspecified atom stereocenters. The fraction of sp³-hybridized carbons (Fsp3) is 0.227. The molecular weight excluding hydrogens is 412 g/mol. The molecule has 4 aromatic rings. The topological polar surface area (TPSA) is 133 Å². The number of anilines is 1. The van der Waals surface area contributed by atoms with Crippen LogP contribution in [-0.4, -0.2) is 44.7 Å². The first-order valence-corrected chi connectivity index (χ1v) is 10.3.